The molecule has 0 aliphatic carbocycles. The second kappa shape index (κ2) is 9.39. The van der Waals surface area contributed by atoms with E-state index in [1.165, 1.54) is 12.1 Å². The van der Waals surface area contributed by atoms with Crippen LogP contribution in [-0.2, 0) is 17.5 Å². The van der Waals surface area contributed by atoms with E-state index in [-0.39, 0.29) is 17.2 Å². The van der Waals surface area contributed by atoms with Crippen LogP contribution in [0.4, 0.5) is 13.2 Å². The average molecular weight is 392 g/mol. The minimum absolute atomic E-state index is 0.0533. The lowest BCUT2D eigenvalue weighted by molar-refractivity contribution is -0.137. The third-order valence-corrected chi connectivity index (χ3v) is 4.32. The van der Waals surface area contributed by atoms with Gasteiger partial charge in [-0.3, -0.25) is 4.79 Å². The van der Waals surface area contributed by atoms with Gasteiger partial charge >= 0.3 is 6.18 Å². The highest BCUT2D eigenvalue weighted by Gasteiger charge is 2.33. The van der Waals surface area contributed by atoms with Crippen molar-refractivity contribution in [2.75, 3.05) is 0 Å². The van der Waals surface area contributed by atoms with E-state index in [0.29, 0.717) is 25.6 Å². The molecule has 2 aromatic carbocycles. The van der Waals surface area contributed by atoms with E-state index in [9.17, 15) is 18.0 Å². The number of hydrogen-bond donors (Lipinski definition) is 2. The van der Waals surface area contributed by atoms with Crippen molar-refractivity contribution in [1.29, 1.82) is 5.41 Å². The maximum atomic E-state index is 13.2. The lowest BCUT2D eigenvalue weighted by Crippen LogP contribution is -2.38. The molecule has 28 heavy (non-hydrogen) atoms. The first kappa shape index (κ1) is 21.5. The van der Waals surface area contributed by atoms with Crippen molar-refractivity contribution in [1.82, 2.24) is 5.32 Å². The summed E-state index contributed by atoms with van der Waals surface area (Å²) in [7, 11) is 0. The number of hydrogen-bond acceptors (Lipinski definition) is 3. The van der Waals surface area contributed by atoms with Crippen LogP contribution in [0.1, 0.15) is 42.0 Å². The van der Waals surface area contributed by atoms with Crippen LogP contribution in [-0.4, -0.2) is 18.2 Å². The highest BCUT2D eigenvalue weighted by Crippen LogP contribution is 2.34. The molecule has 0 spiro atoms. The Bertz CT molecular complexity index is 835. The van der Waals surface area contributed by atoms with Crippen LogP contribution in [0.15, 0.2) is 42.5 Å². The first-order valence-electron chi connectivity index (χ1n) is 8.96. The molecule has 0 saturated carbocycles. The van der Waals surface area contributed by atoms with Gasteiger partial charge in [0, 0.05) is 18.3 Å². The van der Waals surface area contributed by atoms with E-state index in [1.54, 1.807) is 0 Å². The van der Waals surface area contributed by atoms with Crippen molar-refractivity contribution >= 4 is 12.1 Å². The second-order valence-electron chi connectivity index (χ2n) is 6.43. The van der Waals surface area contributed by atoms with Gasteiger partial charge in [-0.2, -0.15) is 13.2 Å². The van der Waals surface area contributed by atoms with Crippen molar-refractivity contribution < 1.29 is 22.7 Å². The van der Waals surface area contributed by atoms with Gasteiger partial charge in [0.15, 0.2) is 6.10 Å². The number of carbonyl (C=O) groups excluding carboxylic acids is 1. The normalized spacial score (nSPS) is 12.3. The van der Waals surface area contributed by atoms with Crippen LogP contribution < -0.4 is 10.1 Å². The molecule has 2 N–H and O–H groups in total. The minimum atomic E-state index is -4.61. The maximum Gasteiger partial charge on any atom is 0.417 e. The fraction of sp³-hybridized carbons (Fsp3) is 0.333. The first-order valence-corrected chi connectivity index (χ1v) is 8.96. The molecule has 0 saturated heterocycles. The molecule has 0 aliphatic rings. The molecule has 2 rings (SSSR count). The van der Waals surface area contributed by atoms with Gasteiger partial charge in [0.05, 0.1) is 5.56 Å². The Balaban J connectivity index is 2.14. The van der Waals surface area contributed by atoms with Gasteiger partial charge in [-0.05, 0) is 42.7 Å². The second-order valence-corrected chi connectivity index (χ2v) is 6.43. The number of alkyl halides is 3. The van der Waals surface area contributed by atoms with Crippen molar-refractivity contribution in [3.8, 4) is 5.75 Å². The van der Waals surface area contributed by atoms with Crippen LogP contribution >= 0.6 is 0 Å². The maximum absolute atomic E-state index is 13.2. The molecule has 2 aromatic rings. The summed E-state index contributed by atoms with van der Waals surface area (Å²) in [6, 6.07) is 10.9. The summed E-state index contributed by atoms with van der Waals surface area (Å²) in [5.74, 6) is -0.433. The van der Waals surface area contributed by atoms with E-state index in [4.69, 9.17) is 10.1 Å². The molecule has 150 valence electrons. The zero-order valence-corrected chi connectivity index (χ0v) is 15.8. The van der Waals surface area contributed by atoms with Crippen LogP contribution in [0.2, 0.25) is 0 Å². The van der Waals surface area contributed by atoms with Crippen molar-refractivity contribution in [2.45, 2.75) is 45.5 Å². The Morgan fingerprint density at radius 2 is 1.96 bits per heavy atom. The van der Waals surface area contributed by atoms with Crippen molar-refractivity contribution in [3.05, 3.63) is 64.7 Å². The first-order chi connectivity index (χ1) is 13.3. The molecule has 7 heteroatoms. The van der Waals surface area contributed by atoms with E-state index >= 15 is 0 Å². The zero-order chi connectivity index (χ0) is 20.7. The van der Waals surface area contributed by atoms with Crippen LogP contribution in [0.25, 0.3) is 0 Å². The molecule has 0 radical (unpaired) electrons. The summed E-state index contributed by atoms with van der Waals surface area (Å²) in [5, 5.41) is 9.92. The fourth-order valence-electron chi connectivity index (χ4n) is 2.75. The van der Waals surface area contributed by atoms with Crippen molar-refractivity contribution in [2.24, 2.45) is 0 Å². The number of amides is 1. The lowest BCUT2D eigenvalue weighted by atomic mass is 10.1. The quantitative estimate of drug-likeness (QED) is 0.629. The molecule has 1 unspecified atom stereocenters. The predicted molar refractivity (Wildman–Crippen MR) is 102 cm³/mol. The van der Waals surface area contributed by atoms with Crippen LogP contribution in [0.3, 0.4) is 0 Å². The smallest absolute Gasteiger partial charge is 0.417 e. The molecule has 0 heterocycles. The molecule has 4 nitrogen and oxygen atoms in total. The van der Waals surface area contributed by atoms with Gasteiger partial charge in [0.1, 0.15) is 5.75 Å². The summed E-state index contributed by atoms with van der Waals surface area (Å²) in [4.78, 5) is 12.5. The Labute approximate surface area is 162 Å². The monoisotopic (exact) mass is 392 g/mol. The third kappa shape index (κ3) is 5.58. The number of ether oxygens (including phenoxy) is 1. The Hall–Kier alpha value is -2.83. The zero-order valence-electron chi connectivity index (χ0n) is 15.8. The number of rotatable bonds is 8. The summed E-state index contributed by atoms with van der Waals surface area (Å²) < 4.78 is 45.1. The summed E-state index contributed by atoms with van der Waals surface area (Å²) in [5.41, 5.74) is 0.778. The summed E-state index contributed by atoms with van der Waals surface area (Å²) >= 11 is 0. The minimum Gasteiger partial charge on any atom is -0.481 e. The third-order valence-electron chi connectivity index (χ3n) is 4.32. The van der Waals surface area contributed by atoms with Gasteiger partial charge in [-0.25, -0.2) is 0 Å². The van der Waals surface area contributed by atoms with Gasteiger partial charge in [0.25, 0.3) is 5.91 Å². The van der Waals surface area contributed by atoms with Crippen molar-refractivity contribution in [3.63, 3.8) is 0 Å². The Morgan fingerprint density at radius 3 is 2.57 bits per heavy atom. The highest BCUT2D eigenvalue weighted by molar-refractivity contribution is 5.82. The van der Waals surface area contributed by atoms with Gasteiger partial charge < -0.3 is 15.5 Å². The van der Waals surface area contributed by atoms with E-state index in [1.807, 2.05) is 38.1 Å². The predicted octanol–water partition coefficient (Wildman–Crippen LogP) is 4.88. The molecule has 0 fully saturated rings. The average Bonchev–Trinajstić information content (AvgIpc) is 2.66. The number of nitrogens with one attached hydrogen (secondary N) is 2. The molecule has 0 aliphatic heterocycles. The van der Waals surface area contributed by atoms with E-state index in [0.717, 1.165) is 17.2 Å². The molecular formula is C21H23F3N2O2. The van der Waals surface area contributed by atoms with E-state index in [2.05, 4.69) is 5.32 Å². The number of aryl methyl sites for hydroxylation is 1. The largest absolute Gasteiger partial charge is 0.481 e. The molecule has 0 aromatic heterocycles. The SMILES string of the molecule is CCCC(Oc1ccc(C=N)c(C(F)(F)F)c1)C(=O)NCc1ccccc1C. The molecule has 1 amide bonds. The van der Waals surface area contributed by atoms with Crippen LogP contribution in [0, 0.1) is 12.3 Å². The molecule has 0 bridgehead atoms. The summed E-state index contributed by atoms with van der Waals surface area (Å²) in [6.45, 7) is 4.12. The standard InChI is InChI=1S/C21H23F3N2O2/c1-3-6-19(20(27)26-13-16-8-5-4-7-14(16)2)28-17-10-9-15(12-25)18(11-17)21(22,23)24/h4-5,7-12,19,25H,3,6,13H2,1-2H3,(H,26,27). The highest BCUT2D eigenvalue weighted by atomic mass is 19.4. The Morgan fingerprint density at radius 1 is 1.25 bits per heavy atom. The van der Waals surface area contributed by atoms with Gasteiger partial charge in [-0.15, -0.1) is 0 Å². The lowest BCUT2D eigenvalue weighted by Gasteiger charge is -2.20. The van der Waals surface area contributed by atoms with Gasteiger partial charge in [0.2, 0.25) is 0 Å². The number of carbonyl (C=O) groups is 1. The summed E-state index contributed by atoms with van der Waals surface area (Å²) in [6.07, 6.45) is -3.87. The number of halogens is 3. The topological polar surface area (TPSA) is 62.2 Å². The molecular weight excluding hydrogens is 369 g/mol. The Kier molecular flexibility index (Phi) is 7.20. The van der Waals surface area contributed by atoms with E-state index < -0.39 is 17.8 Å². The fourth-order valence-corrected chi connectivity index (χ4v) is 2.75. The molecule has 1 atom stereocenters. The van der Waals surface area contributed by atoms with Crippen LogP contribution in [0.5, 0.6) is 5.75 Å². The van der Waals surface area contributed by atoms with Gasteiger partial charge in [-0.1, -0.05) is 37.6 Å². The number of benzene rings is 2.